The Kier molecular flexibility index (Phi) is 4.63. The number of nitrogens with zero attached hydrogens (tertiary/aromatic N) is 2. The second-order valence-electron chi connectivity index (χ2n) is 5.72. The molecule has 0 spiro atoms. The second-order valence-corrected chi connectivity index (χ2v) is 5.72. The van der Waals surface area contributed by atoms with E-state index in [2.05, 4.69) is 12.2 Å². The topological polar surface area (TPSA) is 78.7 Å². The van der Waals surface area contributed by atoms with Crippen LogP contribution in [0.5, 0.6) is 0 Å². The Labute approximate surface area is 114 Å². The lowest BCUT2D eigenvalue weighted by Crippen LogP contribution is -2.53. The van der Waals surface area contributed by atoms with Gasteiger partial charge in [0.2, 0.25) is 5.91 Å². The van der Waals surface area contributed by atoms with E-state index in [1.807, 2.05) is 4.90 Å². The lowest BCUT2D eigenvalue weighted by molar-refractivity contribution is -0.119. The summed E-state index contributed by atoms with van der Waals surface area (Å²) in [7, 11) is 0. The lowest BCUT2D eigenvalue weighted by atomic mass is 10.0. The van der Waals surface area contributed by atoms with Gasteiger partial charge in [-0.2, -0.15) is 0 Å². The molecule has 0 aromatic carbocycles. The summed E-state index contributed by atoms with van der Waals surface area (Å²) in [4.78, 5) is 27.3. The quantitative estimate of drug-likeness (QED) is 0.755. The first-order chi connectivity index (χ1) is 9.08. The van der Waals surface area contributed by atoms with Crippen LogP contribution in [0.3, 0.4) is 0 Å². The largest absolute Gasteiger partial charge is 0.368 e. The van der Waals surface area contributed by atoms with Crippen molar-refractivity contribution in [2.75, 3.05) is 32.7 Å². The van der Waals surface area contributed by atoms with Crippen LogP contribution in [0.15, 0.2) is 0 Å². The van der Waals surface area contributed by atoms with Gasteiger partial charge in [-0.25, -0.2) is 4.79 Å². The van der Waals surface area contributed by atoms with Crippen LogP contribution in [-0.4, -0.2) is 60.5 Å². The summed E-state index contributed by atoms with van der Waals surface area (Å²) in [5.41, 5.74) is 5.28. The minimum absolute atomic E-state index is 0.0239. The monoisotopic (exact) mass is 268 g/mol. The van der Waals surface area contributed by atoms with Crippen LogP contribution < -0.4 is 11.1 Å². The zero-order valence-corrected chi connectivity index (χ0v) is 11.6. The number of nitrogens with two attached hydrogens (primary N) is 1. The molecule has 0 bridgehead atoms. The molecule has 6 nitrogen and oxygen atoms in total. The van der Waals surface area contributed by atoms with Gasteiger partial charge in [0.25, 0.3) is 0 Å². The molecular formula is C13H24N4O2. The highest BCUT2D eigenvalue weighted by Gasteiger charge is 2.32. The molecule has 0 aliphatic carbocycles. The minimum Gasteiger partial charge on any atom is -0.368 e. The second kappa shape index (κ2) is 6.23. The maximum atomic E-state index is 12.6. The summed E-state index contributed by atoms with van der Waals surface area (Å²) in [6.45, 7) is 5.41. The standard InChI is InChI=1S/C13H24N4O2/c1-10-3-2-6-16(8-10)13(19)17(9-12(14)18)11-4-5-15-7-11/h10-11,15H,2-9H2,1H3,(H2,14,18). The van der Waals surface area contributed by atoms with Gasteiger partial charge < -0.3 is 20.9 Å². The van der Waals surface area contributed by atoms with Gasteiger partial charge in [-0.15, -0.1) is 0 Å². The van der Waals surface area contributed by atoms with Gasteiger partial charge in [-0.3, -0.25) is 4.79 Å². The third-order valence-corrected chi connectivity index (χ3v) is 3.97. The Morgan fingerprint density at radius 3 is 2.79 bits per heavy atom. The van der Waals surface area contributed by atoms with Crippen molar-refractivity contribution in [1.29, 1.82) is 0 Å². The van der Waals surface area contributed by atoms with Crippen molar-refractivity contribution in [3.05, 3.63) is 0 Å². The van der Waals surface area contributed by atoms with Crippen LogP contribution in [0.1, 0.15) is 26.2 Å². The number of likely N-dealkylation sites (tertiary alicyclic amines) is 1. The molecule has 2 atom stereocenters. The fraction of sp³-hybridized carbons (Fsp3) is 0.846. The van der Waals surface area contributed by atoms with E-state index in [9.17, 15) is 9.59 Å². The van der Waals surface area contributed by atoms with Crippen molar-refractivity contribution in [2.24, 2.45) is 11.7 Å². The van der Waals surface area contributed by atoms with E-state index in [0.29, 0.717) is 5.92 Å². The molecule has 6 heteroatoms. The van der Waals surface area contributed by atoms with E-state index in [4.69, 9.17) is 5.73 Å². The molecule has 0 aromatic heterocycles. The third kappa shape index (κ3) is 3.59. The summed E-state index contributed by atoms with van der Waals surface area (Å²) in [5.74, 6) is 0.0974. The highest BCUT2D eigenvalue weighted by Crippen LogP contribution is 2.19. The molecular weight excluding hydrogens is 244 g/mol. The minimum atomic E-state index is -0.440. The maximum absolute atomic E-state index is 12.6. The van der Waals surface area contributed by atoms with E-state index in [0.717, 1.165) is 39.0 Å². The number of primary amides is 1. The highest BCUT2D eigenvalue weighted by atomic mass is 16.2. The Bertz CT molecular complexity index is 342. The van der Waals surface area contributed by atoms with Crippen molar-refractivity contribution >= 4 is 11.9 Å². The number of hydrogen-bond acceptors (Lipinski definition) is 3. The molecule has 0 aromatic rings. The van der Waals surface area contributed by atoms with Gasteiger partial charge in [0.1, 0.15) is 6.54 Å². The van der Waals surface area contributed by atoms with Gasteiger partial charge in [0.05, 0.1) is 0 Å². The molecule has 2 unspecified atom stereocenters. The molecule has 2 aliphatic heterocycles. The van der Waals surface area contributed by atoms with Crippen LogP contribution in [0.2, 0.25) is 0 Å². The maximum Gasteiger partial charge on any atom is 0.320 e. The number of hydrogen-bond donors (Lipinski definition) is 2. The van der Waals surface area contributed by atoms with Crippen molar-refractivity contribution in [3.8, 4) is 0 Å². The molecule has 3 N–H and O–H groups in total. The number of amides is 3. The SMILES string of the molecule is CC1CCCN(C(=O)N(CC(N)=O)C2CCNC2)C1. The van der Waals surface area contributed by atoms with Crippen molar-refractivity contribution in [2.45, 2.75) is 32.2 Å². The summed E-state index contributed by atoms with van der Waals surface area (Å²) in [6.07, 6.45) is 3.10. The molecule has 19 heavy (non-hydrogen) atoms. The van der Waals surface area contributed by atoms with E-state index in [-0.39, 0.29) is 18.6 Å². The van der Waals surface area contributed by atoms with Crippen LogP contribution in [0.4, 0.5) is 4.79 Å². The van der Waals surface area contributed by atoms with Crippen molar-refractivity contribution in [1.82, 2.24) is 15.1 Å². The predicted molar refractivity (Wildman–Crippen MR) is 72.5 cm³/mol. The first kappa shape index (κ1) is 14.1. The zero-order chi connectivity index (χ0) is 13.8. The fourth-order valence-electron chi connectivity index (χ4n) is 2.97. The summed E-state index contributed by atoms with van der Waals surface area (Å²) in [6, 6.07) is 0.0660. The average Bonchev–Trinajstić information content (AvgIpc) is 2.88. The first-order valence-corrected chi connectivity index (χ1v) is 7.12. The van der Waals surface area contributed by atoms with Gasteiger partial charge in [0.15, 0.2) is 0 Å². The van der Waals surface area contributed by atoms with Crippen molar-refractivity contribution in [3.63, 3.8) is 0 Å². The molecule has 2 aliphatic rings. The molecule has 0 radical (unpaired) electrons. The molecule has 2 heterocycles. The number of rotatable bonds is 3. The Morgan fingerprint density at radius 2 is 2.21 bits per heavy atom. The molecule has 2 fully saturated rings. The zero-order valence-electron chi connectivity index (χ0n) is 11.6. The Balaban J connectivity index is 2.03. The molecule has 2 saturated heterocycles. The summed E-state index contributed by atoms with van der Waals surface area (Å²) < 4.78 is 0. The van der Waals surface area contributed by atoms with Crippen molar-refractivity contribution < 1.29 is 9.59 Å². The molecule has 2 rings (SSSR count). The van der Waals surface area contributed by atoms with E-state index in [1.165, 1.54) is 6.42 Å². The highest BCUT2D eigenvalue weighted by molar-refractivity contribution is 5.83. The van der Waals surface area contributed by atoms with E-state index >= 15 is 0 Å². The normalized spacial score (nSPS) is 27.3. The van der Waals surface area contributed by atoms with Crippen LogP contribution in [-0.2, 0) is 4.79 Å². The fourth-order valence-corrected chi connectivity index (χ4v) is 2.97. The molecule has 108 valence electrons. The Morgan fingerprint density at radius 1 is 1.42 bits per heavy atom. The smallest absolute Gasteiger partial charge is 0.320 e. The number of urea groups is 1. The van der Waals surface area contributed by atoms with Crippen LogP contribution in [0.25, 0.3) is 0 Å². The number of carbonyl (C=O) groups is 2. The van der Waals surface area contributed by atoms with Gasteiger partial charge in [-0.1, -0.05) is 6.92 Å². The third-order valence-electron chi connectivity index (χ3n) is 3.97. The van der Waals surface area contributed by atoms with Crippen LogP contribution >= 0.6 is 0 Å². The van der Waals surface area contributed by atoms with Gasteiger partial charge >= 0.3 is 6.03 Å². The van der Waals surface area contributed by atoms with E-state index < -0.39 is 5.91 Å². The average molecular weight is 268 g/mol. The van der Waals surface area contributed by atoms with Crippen LogP contribution in [0, 0.1) is 5.92 Å². The van der Waals surface area contributed by atoms with Gasteiger partial charge in [-0.05, 0) is 31.7 Å². The molecule has 0 saturated carbocycles. The number of carbonyl (C=O) groups excluding carboxylic acids is 2. The summed E-state index contributed by atoms with van der Waals surface area (Å²) >= 11 is 0. The number of piperidine rings is 1. The molecule has 3 amide bonds. The first-order valence-electron chi connectivity index (χ1n) is 7.12. The lowest BCUT2D eigenvalue weighted by Gasteiger charge is -2.37. The number of nitrogens with one attached hydrogen (secondary N) is 1. The van der Waals surface area contributed by atoms with Gasteiger partial charge in [0, 0.05) is 25.7 Å². The predicted octanol–water partition coefficient (Wildman–Crippen LogP) is -0.0125. The van der Waals surface area contributed by atoms with E-state index in [1.54, 1.807) is 4.90 Å². The Hall–Kier alpha value is -1.30. The summed E-state index contributed by atoms with van der Waals surface area (Å²) in [5, 5.41) is 3.23.